The molecule has 0 saturated heterocycles. The Morgan fingerprint density at radius 1 is 1.31 bits per heavy atom. The fourth-order valence-corrected chi connectivity index (χ4v) is 1.99. The van der Waals surface area contributed by atoms with Crippen LogP contribution in [0.15, 0.2) is 28.7 Å². The Hall–Kier alpha value is -1.42. The molecule has 0 aliphatic carbocycles. The fourth-order valence-electron chi connectivity index (χ4n) is 1.54. The zero-order chi connectivity index (χ0) is 11.7. The molecule has 0 saturated carbocycles. The minimum atomic E-state index is -0.415. The number of hydrogen-bond acceptors (Lipinski definition) is 3. The van der Waals surface area contributed by atoms with Crippen molar-refractivity contribution in [2.45, 2.75) is 6.92 Å². The molecule has 1 heterocycles. The molecule has 1 aromatic heterocycles. The third kappa shape index (κ3) is 1.80. The van der Waals surface area contributed by atoms with Gasteiger partial charge in [-0.2, -0.15) is 0 Å². The monoisotopic (exact) mass is 279 g/mol. The molecule has 2 rings (SSSR count). The molecule has 0 fully saturated rings. The van der Waals surface area contributed by atoms with Crippen molar-refractivity contribution in [1.82, 2.24) is 4.98 Å². The van der Waals surface area contributed by atoms with Crippen LogP contribution < -0.4 is 0 Å². The first-order chi connectivity index (χ1) is 7.63. The molecule has 2 aromatic rings. The first-order valence-corrected chi connectivity index (χ1v) is 5.57. The average molecular weight is 280 g/mol. The zero-order valence-corrected chi connectivity index (χ0v) is 10.5. The van der Waals surface area contributed by atoms with E-state index >= 15 is 0 Å². The van der Waals surface area contributed by atoms with Crippen LogP contribution in [0.2, 0.25) is 0 Å². The van der Waals surface area contributed by atoms with Gasteiger partial charge in [-0.3, -0.25) is 0 Å². The Balaban J connectivity index is 2.70. The summed E-state index contributed by atoms with van der Waals surface area (Å²) in [6.07, 6.45) is 0. The van der Waals surface area contributed by atoms with E-state index in [4.69, 9.17) is 0 Å². The molecule has 0 amide bonds. The second-order valence-corrected chi connectivity index (χ2v) is 4.30. The molecule has 0 radical (unpaired) electrons. The highest BCUT2D eigenvalue weighted by Gasteiger charge is 2.10. The number of rotatable bonds is 1. The number of aromatic nitrogens is 1. The predicted molar refractivity (Wildman–Crippen MR) is 65.5 cm³/mol. The molecule has 16 heavy (non-hydrogen) atoms. The first kappa shape index (κ1) is 11.1. The molecule has 3 nitrogen and oxygen atoms in total. The first-order valence-electron chi connectivity index (χ1n) is 4.77. The number of hydrogen-bond donors (Lipinski definition) is 0. The number of pyridine rings is 1. The number of carbonyl (C=O) groups excluding carboxylic acids is 1. The van der Waals surface area contributed by atoms with Crippen LogP contribution >= 0.6 is 15.9 Å². The lowest BCUT2D eigenvalue weighted by molar-refractivity contribution is 0.0594. The van der Waals surface area contributed by atoms with E-state index in [2.05, 4.69) is 25.7 Å². The van der Waals surface area contributed by atoms with Crippen molar-refractivity contribution in [2.75, 3.05) is 7.11 Å². The van der Waals surface area contributed by atoms with Gasteiger partial charge in [0.2, 0.25) is 0 Å². The van der Waals surface area contributed by atoms with Crippen molar-refractivity contribution in [2.24, 2.45) is 0 Å². The molecule has 0 aliphatic heterocycles. The second kappa shape index (κ2) is 4.22. The van der Waals surface area contributed by atoms with Crippen molar-refractivity contribution in [1.29, 1.82) is 0 Å². The summed E-state index contributed by atoms with van der Waals surface area (Å²) in [7, 11) is 1.35. The van der Waals surface area contributed by atoms with E-state index in [1.54, 1.807) is 6.07 Å². The quantitative estimate of drug-likeness (QED) is 0.753. The summed E-state index contributed by atoms with van der Waals surface area (Å²) in [5.41, 5.74) is 2.18. The van der Waals surface area contributed by atoms with Crippen LogP contribution in [-0.2, 0) is 4.74 Å². The van der Waals surface area contributed by atoms with Crippen LogP contribution in [0.3, 0.4) is 0 Å². The predicted octanol–water partition coefficient (Wildman–Crippen LogP) is 3.09. The van der Waals surface area contributed by atoms with Crippen molar-refractivity contribution in [3.05, 3.63) is 40.0 Å². The highest BCUT2D eigenvalue weighted by molar-refractivity contribution is 9.10. The third-order valence-corrected chi connectivity index (χ3v) is 3.09. The Kier molecular flexibility index (Phi) is 2.92. The summed E-state index contributed by atoms with van der Waals surface area (Å²) >= 11 is 3.45. The smallest absolute Gasteiger partial charge is 0.356 e. The molecule has 1 aromatic carbocycles. The van der Waals surface area contributed by atoms with E-state index in [1.165, 1.54) is 7.11 Å². The summed E-state index contributed by atoms with van der Waals surface area (Å²) in [6, 6.07) is 7.46. The maximum absolute atomic E-state index is 11.4. The van der Waals surface area contributed by atoms with E-state index in [-0.39, 0.29) is 0 Å². The number of nitrogens with zero attached hydrogens (tertiary/aromatic N) is 1. The van der Waals surface area contributed by atoms with Crippen molar-refractivity contribution >= 4 is 32.8 Å². The van der Waals surface area contributed by atoms with Crippen LogP contribution in [-0.4, -0.2) is 18.1 Å². The van der Waals surface area contributed by atoms with Gasteiger partial charge in [0.05, 0.1) is 12.6 Å². The van der Waals surface area contributed by atoms with Gasteiger partial charge in [0, 0.05) is 9.86 Å². The molecule has 0 atom stereocenters. The third-order valence-electron chi connectivity index (χ3n) is 2.40. The van der Waals surface area contributed by atoms with E-state index in [0.29, 0.717) is 5.69 Å². The lowest BCUT2D eigenvalue weighted by Crippen LogP contribution is -2.04. The molecule has 0 N–H and O–H groups in total. The van der Waals surface area contributed by atoms with Crippen LogP contribution in [0.1, 0.15) is 16.1 Å². The van der Waals surface area contributed by atoms with E-state index in [1.807, 2.05) is 25.1 Å². The Labute approximate surface area is 102 Å². The minimum Gasteiger partial charge on any atom is -0.464 e. The Bertz CT molecular complexity index is 566. The molecule has 0 spiro atoms. The van der Waals surface area contributed by atoms with Crippen LogP contribution in [0.25, 0.3) is 10.9 Å². The maximum Gasteiger partial charge on any atom is 0.356 e. The van der Waals surface area contributed by atoms with Gasteiger partial charge in [-0.25, -0.2) is 9.78 Å². The Morgan fingerprint density at radius 3 is 2.75 bits per heavy atom. The summed E-state index contributed by atoms with van der Waals surface area (Å²) < 4.78 is 5.61. The molecule has 0 bridgehead atoms. The maximum atomic E-state index is 11.4. The van der Waals surface area contributed by atoms with Gasteiger partial charge < -0.3 is 4.74 Å². The summed E-state index contributed by atoms with van der Waals surface area (Å²) in [5, 5.41) is 0.993. The standard InChI is InChI=1S/C12H10BrNO2/c1-7-3-5-9(13)8-4-6-10(12(15)16-2)14-11(7)8/h3-6H,1-2H3. The number of aryl methyl sites for hydroxylation is 1. The van der Waals surface area contributed by atoms with Gasteiger partial charge in [0.25, 0.3) is 0 Å². The average Bonchev–Trinajstić information content (AvgIpc) is 2.32. The number of carbonyl (C=O) groups is 1. The van der Waals surface area contributed by atoms with E-state index in [9.17, 15) is 4.79 Å². The summed E-state index contributed by atoms with van der Waals surface area (Å²) in [5.74, 6) is -0.415. The highest BCUT2D eigenvalue weighted by Crippen LogP contribution is 2.25. The molecule has 82 valence electrons. The van der Waals surface area contributed by atoms with Gasteiger partial charge in [-0.05, 0) is 30.7 Å². The number of benzene rings is 1. The minimum absolute atomic E-state index is 0.330. The van der Waals surface area contributed by atoms with E-state index < -0.39 is 5.97 Å². The zero-order valence-electron chi connectivity index (χ0n) is 8.95. The molecule has 0 aliphatic rings. The fraction of sp³-hybridized carbons (Fsp3) is 0.167. The molecule has 0 unspecified atom stereocenters. The second-order valence-electron chi connectivity index (χ2n) is 3.45. The topological polar surface area (TPSA) is 39.2 Å². The lowest BCUT2D eigenvalue weighted by atomic mass is 10.1. The van der Waals surface area contributed by atoms with Crippen molar-refractivity contribution < 1.29 is 9.53 Å². The number of halogens is 1. The summed E-state index contributed by atoms with van der Waals surface area (Å²) in [6.45, 7) is 1.96. The number of fused-ring (bicyclic) bond motifs is 1. The van der Waals surface area contributed by atoms with Gasteiger partial charge in [-0.15, -0.1) is 0 Å². The van der Waals surface area contributed by atoms with Crippen molar-refractivity contribution in [3.63, 3.8) is 0 Å². The van der Waals surface area contributed by atoms with Gasteiger partial charge in [0.1, 0.15) is 5.69 Å². The normalized spacial score (nSPS) is 10.4. The van der Waals surface area contributed by atoms with Crippen molar-refractivity contribution in [3.8, 4) is 0 Å². The highest BCUT2D eigenvalue weighted by atomic mass is 79.9. The van der Waals surface area contributed by atoms with Crippen LogP contribution in [0, 0.1) is 6.92 Å². The SMILES string of the molecule is COC(=O)c1ccc2c(Br)ccc(C)c2n1. The lowest BCUT2D eigenvalue weighted by Gasteiger charge is -2.05. The van der Waals surface area contributed by atoms with Crippen LogP contribution in [0.5, 0.6) is 0 Å². The van der Waals surface area contributed by atoms with Gasteiger partial charge >= 0.3 is 5.97 Å². The van der Waals surface area contributed by atoms with Gasteiger partial charge in [0.15, 0.2) is 0 Å². The van der Waals surface area contributed by atoms with Gasteiger partial charge in [-0.1, -0.05) is 22.0 Å². The molecular weight excluding hydrogens is 270 g/mol. The Morgan fingerprint density at radius 2 is 2.06 bits per heavy atom. The molecule has 4 heteroatoms. The molecular formula is C12H10BrNO2. The summed E-state index contributed by atoms with van der Waals surface area (Å²) in [4.78, 5) is 15.7. The number of methoxy groups -OCH3 is 1. The van der Waals surface area contributed by atoms with E-state index in [0.717, 1.165) is 20.9 Å². The largest absolute Gasteiger partial charge is 0.464 e. The number of ether oxygens (including phenoxy) is 1. The van der Waals surface area contributed by atoms with Crippen LogP contribution in [0.4, 0.5) is 0 Å². The number of esters is 1.